The molecule has 0 bridgehead atoms. The summed E-state index contributed by atoms with van der Waals surface area (Å²) in [7, 11) is 3.71. The molecule has 1 N–H and O–H groups in total. The minimum absolute atomic E-state index is 0.00342. The van der Waals surface area contributed by atoms with Crippen LogP contribution in [0.1, 0.15) is 30.9 Å². The SMILES string of the molecule is CN(C)C(C(=O)NC1CCC1)c1ccc(F)cc1. The van der Waals surface area contributed by atoms with E-state index in [1.807, 2.05) is 19.0 Å². The fraction of sp³-hybridized carbons (Fsp3) is 0.500. The van der Waals surface area contributed by atoms with E-state index in [9.17, 15) is 9.18 Å². The fourth-order valence-corrected chi connectivity index (χ4v) is 2.16. The number of nitrogens with zero attached hydrogens (tertiary/aromatic N) is 1. The van der Waals surface area contributed by atoms with Crippen LogP contribution in [0.15, 0.2) is 24.3 Å². The van der Waals surface area contributed by atoms with E-state index in [0.717, 1.165) is 18.4 Å². The van der Waals surface area contributed by atoms with E-state index >= 15 is 0 Å². The largest absolute Gasteiger partial charge is 0.352 e. The molecule has 1 aliphatic carbocycles. The topological polar surface area (TPSA) is 32.3 Å². The van der Waals surface area contributed by atoms with Gasteiger partial charge in [0, 0.05) is 6.04 Å². The van der Waals surface area contributed by atoms with Gasteiger partial charge >= 0.3 is 0 Å². The monoisotopic (exact) mass is 250 g/mol. The summed E-state index contributed by atoms with van der Waals surface area (Å²) >= 11 is 0. The van der Waals surface area contributed by atoms with Gasteiger partial charge in [-0.15, -0.1) is 0 Å². The summed E-state index contributed by atoms with van der Waals surface area (Å²) < 4.78 is 12.9. The van der Waals surface area contributed by atoms with E-state index in [1.54, 1.807) is 12.1 Å². The fourth-order valence-electron chi connectivity index (χ4n) is 2.16. The molecule has 1 saturated carbocycles. The maximum atomic E-state index is 12.9. The highest BCUT2D eigenvalue weighted by Gasteiger charge is 2.27. The molecule has 0 heterocycles. The van der Waals surface area contributed by atoms with Gasteiger partial charge < -0.3 is 5.32 Å². The predicted octanol–water partition coefficient (Wildman–Crippen LogP) is 2.10. The van der Waals surface area contributed by atoms with Gasteiger partial charge in [-0.05, 0) is 51.1 Å². The van der Waals surface area contributed by atoms with Crippen LogP contribution < -0.4 is 5.32 Å². The number of carbonyl (C=O) groups is 1. The van der Waals surface area contributed by atoms with Crippen molar-refractivity contribution in [2.75, 3.05) is 14.1 Å². The maximum Gasteiger partial charge on any atom is 0.242 e. The Balaban J connectivity index is 2.11. The summed E-state index contributed by atoms with van der Waals surface area (Å²) in [6.45, 7) is 0. The zero-order chi connectivity index (χ0) is 13.1. The van der Waals surface area contributed by atoms with E-state index in [-0.39, 0.29) is 17.8 Å². The molecular weight excluding hydrogens is 231 g/mol. The Kier molecular flexibility index (Phi) is 3.97. The Morgan fingerprint density at radius 1 is 1.33 bits per heavy atom. The van der Waals surface area contributed by atoms with Crippen molar-refractivity contribution in [2.24, 2.45) is 0 Å². The highest BCUT2D eigenvalue weighted by atomic mass is 19.1. The Labute approximate surface area is 107 Å². The third kappa shape index (κ3) is 2.88. The number of halogens is 1. The van der Waals surface area contributed by atoms with Gasteiger partial charge in [-0.25, -0.2) is 4.39 Å². The van der Waals surface area contributed by atoms with Gasteiger partial charge in [0.2, 0.25) is 5.91 Å². The summed E-state index contributed by atoms with van der Waals surface area (Å²) in [4.78, 5) is 14.1. The van der Waals surface area contributed by atoms with Crippen LogP contribution in [0.3, 0.4) is 0 Å². The summed E-state index contributed by atoms with van der Waals surface area (Å²) in [5, 5.41) is 3.04. The normalized spacial score (nSPS) is 17.3. The van der Waals surface area contributed by atoms with E-state index in [4.69, 9.17) is 0 Å². The van der Waals surface area contributed by atoms with Gasteiger partial charge in [0.1, 0.15) is 11.9 Å². The number of nitrogens with one attached hydrogen (secondary N) is 1. The number of carbonyl (C=O) groups excluding carboxylic acids is 1. The molecule has 0 aliphatic heterocycles. The first-order chi connectivity index (χ1) is 8.58. The van der Waals surface area contributed by atoms with Crippen molar-refractivity contribution in [3.8, 4) is 0 Å². The first kappa shape index (κ1) is 13.0. The molecule has 0 radical (unpaired) electrons. The van der Waals surface area contributed by atoms with Gasteiger partial charge in [-0.3, -0.25) is 9.69 Å². The lowest BCUT2D eigenvalue weighted by atomic mass is 9.92. The van der Waals surface area contributed by atoms with Crippen LogP contribution in [0.2, 0.25) is 0 Å². The third-order valence-electron chi connectivity index (χ3n) is 3.40. The minimum Gasteiger partial charge on any atom is -0.352 e. The van der Waals surface area contributed by atoms with Crippen molar-refractivity contribution in [2.45, 2.75) is 31.3 Å². The van der Waals surface area contributed by atoms with Gasteiger partial charge in [-0.2, -0.15) is 0 Å². The molecule has 1 aromatic carbocycles. The molecule has 4 heteroatoms. The smallest absolute Gasteiger partial charge is 0.242 e. The summed E-state index contributed by atoms with van der Waals surface area (Å²) in [5.41, 5.74) is 0.818. The van der Waals surface area contributed by atoms with Crippen LogP contribution in [-0.4, -0.2) is 30.9 Å². The molecule has 1 aromatic rings. The van der Waals surface area contributed by atoms with E-state index in [2.05, 4.69) is 5.32 Å². The second kappa shape index (κ2) is 5.48. The Hall–Kier alpha value is -1.42. The summed E-state index contributed by atoms with van der Waals surface area (Å²) in [6, 6.07) is 6.08. The number of likely N-dealkylation sites (N-methyl/N-ethyl adjacent to an activating group) is 1. The molecule has 1 fully saturated rings. The highest BCUT2D eigenvalue weighted by molar-refractivity contribution is 5.83. The molecule has 1 atom stereocenters. The van der Waals surface area contributed by atoms with Gasteiger partial charge in [0.05, 0.1) is 0 Å². The van der Waals surface area contributed by atoms with Crippen LogP contribution >= 0.6 is 0 Å². The number of benzene rings is 1. The molecule has 3 nitrogen and oxygen atoms in total. The minimum atomic E-state index is -0.355. The van der Waals surface area contributed by atoms with Crippen molar-refractivity contribution in [3.63, 3.8) is 0 Å². The number of hydrogen-bond donors (Lipinski definition) is 1. The average Bonchev–Trinajstić information content (AvgIpc) is 2.26. The van der Waals surface area contributed by atoms with Gasteiger partial charge in [0.15, 0.2) is 0 Å². The quantitative estimate of drug-likeness (QED) is 0.887. The number of hydrogen-bond acceptors (Lipinski definition) is 2. The summed E-state index contributed by atoms with van der Waals surface area (Å²) in [6.07, 6.45) is 3.32. The number of amides is 1. The Morgan fingerprint density at radius 2 is 1.94 bits per heavy atom. The molecule has 0 spiro atoms. The van der Waals surface area contributed by atoms with Crippen LogP contribution in [-0.2, 0) is 4.79 Å². The molecule has 0 saturated heterocycles. The van der Waals surface area contributed by atoms with Crippen LogP contribution in [0.5, 0.6) is 0 Å². The highest BCUT2D eigenvalue weighted by Crippen LogP contribution is 2.22. The predicted molar refractivity (Wildman–Crippen MR) is 68.6 cm³/mol. The Morgan fingerprint density at radius 3 is 2.39 bits per heavy atom. The lowest BCUT2D eigenvalue weighted by molar-refractivity contribution is -0.127. The second-order valence-electron chi connectivity index (χ2n) is 5.05. The molecule has 2 rings (SSSR count). The van der Waals surface area contributed by atoms with Crippen molar-refractivity contribution >= 4 is 5.91 Å². The first-order valence-corrected chi connectivity index (χ1v) is 6.30. The molecule has 1 aliphatic rings. The molecule has 1 amide bonds. The molecule has 0 aromatic heterocycles. The van der Waals surface area contributed by atoms with Gasteiger partial charge in [-0.1, -0.05) is 12.1 Å². The van der Waals surface area contributed by atoms with Gasteiger partial charge in [0.25, 0.3) is 0 Å². The maximum absolute atomic E-state index is 12.9. The average molecular weight is 250 g/mol. The van der Waals surface area contributed by atoms with Crippen molar-refractivity contribution < 1.29 is 9.18 Å². The lowest BCUT2D eigenvalue weighted by Crippen LogP contribution is -2.45. The summed E-state index contributed by atoms with van der Waals surface area (Å²) in [5.74, 6) is -0.285. The molecular formula is C14H19FN2O. The van der Waals surface area contributed by atoms with Crippen molar-refractivity contribution in [1.29, 1.82) is 0 Å². The second-order valence-corrected chi connectivity index (χ2v) is 5.05. The van der Waals surface area contributed by atoms with E-state index < -0.39 is 0 Å². The van der Waals surface area contributed by atoms with E-state index in [1.165, 1.54) is 18.6 Å². The first-order valence-electron chi connectivity index (χ1n) is 6.30. The van der Waals surface area contributed by atoms with Crippen LogP contribution in [0, 0.1) is 5.82 Å². The lowest BCUT2D eigenvalue weighted by Gasteiger charge is -2.31. The standard InChI is InChI=1S/C14H19FN2O/c1-17(2)13(10-6-8-11(15)9-7-10)14(18)16-12-4-3-5-12/h6-9,12-13H,3-5H2,1-2H3,(H,16,18). The zero-order valence-corrected chi connectivity index (χ0v) is 10.8. The zero-order valence-electron chi connectivity index (χ0n) is 10.8. The van der Waals surface area contributed by atoms with Crippen LogP contribution in [0.25, 0.3) is 0 Å². The van der Waals surface area contributed by atoms with Crippen LogP contribution in [0.4, 0.5) is 4.39 Å². The molecule has 1 unspecified atom stereocenters. The number of rotatable bonds is 4. The van der Waals surface area contributed by atoms with E-state index in [0.29, 0.717) is 6.04 Å². The molecule has 98 valence electrons. The van der Waals surface area contributed by atoms with Crippen molar-refractivity contribution in [1.82, 2.24) is 10.2 Å². The molecule has 18 heavy (non-hydrogen) atoms. The third-order valence-corrected chi connectivity index (χ3v) is 3.40. The Bertz CT molecular complexity index is 412. The van der Waals surface area contributed by atoms with Crippen molar-refractivity contribution in [3.05, 3.63) is 35.6 Å².